The van der Waals surface area contributed by atoms with E-state index in [9.17, 15) is 9.59 Å². The van der Waals surface area contributed by atoms with Crippen molar-refractivity contribution in [2.45, 2.75) is 45.3 Å². The monoisotopic (exact) mass is 466 g/mol. The third kappa shape index (κ3) is 5.68. The van der Waals surface area contributed by atoms with Crippen LogP contribution >= 0.6 is 11.3 Å². The predicted molar refractivity (Wildman–Crippen MR) is 122 cm³/mol. The summed E-state index contributed by atoms with van der Waals surface area (Å²) in [6.45, 7) is 7.39. The smallest absolute Gasteiger partial charge is 0.407 e. The largest absolute Gasteiger partial charge is 0.475 e. The average Bonchev–Trinajstić information content (AvgIpc) is 3.04. The Bertz CT molecular complexity index is 981. The van der Waals surface area contributed by atoms with Gasteiger partial charge >= 0.3 is 6.09 Å². The highest BCUT2D eigenvalue weighted by molar-refractivity contribution is 7.21. The van der Waals surface area contributed by atoms with Crippen molar-refractivity contribution in [1.82, 2.24) is 15.3 Å². The number of alkyl carbamates (subject to hydrolysis) is 1. The van der Waals surface area contributed by atoms with Gasteiger partial charge in [0, 0.05) is 26.2 Å². The van der Waals surface area contributed by atoms with Crippen LogP contribution in [0.25, 0.3) is 10.2 Å². The van der Waals surface area contributed by atoms with Gasteiger partial charge in [-0.25, -0.2) is 9.78 Å². The Morgan fingerprint density at radius 2 is 1.91 bits per heavy atom. The Labute approximate surface area is 190 Å². The molecule has 3 rings (SSSR count). The third-order valence-corrected chi connectivity index (χ3v) is 5.91. The zero-order valence-electron chi connectivity index (χ0n) is 18.8. The lowest BCUT2D eigenvalue weighted by atomic mass is 10.1. The van der Waals surface area contributed by atoms with Gasteiger partial charge in [-0.2, -0.15) is 4.98 Å². The molecule has 1 saturated heterocycles. The van der Waals surface area contributed by atoms with Crippen LogP contribution in [0.1, 0.15) is 43.3 Å². The minimum absolute atomic E-state index is 0.00102. The SMILES string of the molecule is COCCOc1nc(N2CCC(NC(=O)OC(C)(C)C)CC2)nc2sc(C(N)=O)c(N)c12. The molecular weight excluding hydrogens is 436 g/mol. The Morgan fingerprint density at radius 1 is 1.22 bits per heavy atom. The van der Waals surface area contributed by atoms with E-state index in [0.29, 0.717) is 48.7 Å². The fourth-order valence-corrected chi connectivity index (χ4v) is 4.26. The van der Waals surface area contributed by atoms with E-state index < -0.39 is 17.6 Å². The van der Waals surface area contributed by atoms with Gasteiger partial charge in [0.25, 0.3) is 5.91 Å². The number of nitrogen functional groups attached to an aromatic ring is 1. The predicted octanol–water partition coefficient (Wildman–Crippen LogP) is 1.89. The molecule has 0 radical (unpaired) electrons. The highest BCUT2D eigenvalue weighted by atomic mass is 32.1. The zero-order chi connectivity index (χ0) is 23.5. The van der Waals surface area contributed by atoms with Gasteiger partial charge in [-0.1, -0.05) is 0 Å². The number of piperidine rings is 1. The van der Waals surface area contributed by atoms with Crippen molar-refractivity contribution in [3.05, 3.63) is 4.88 Å². The molecule has 32 heavy (non-hydrogen) atoms. The number of anilines is 2. The number of methoxy groups -OCH3 is 1. The van der Waals surface area contributed by atoms with E-state index in [-0.39, 0.29) is 29.1 Å². The molecule has 1 aliphatic heterocycles. The van der Waals surface area contributed by atoms with E-state index in [1.807, 2.05) is 25.7 Å². The van der Waals surface area contributed by atoms with Gasteiger partial charge in [-0.15, -0.1) is 11.3 Å². The molecule has 176 valence electrons. The van der Waals surface area contributed by atoms with E-state index in [4.69, 9.17) is 25.7 Å². The molecule has 12 heteroatoms. The lowest BCUT2D eigenvalue weighted by molar-refractivity contribution is 0.0497. The first-order valence-electron chi connectivity index (χ1n) is 10.3. The van der Waals surface area contributed by atoms with E-state index in [1.54, 1.807) is 7.11 Å². The third-order valence-electron chi connectivity index (χ3n) is 4.79. The van der Waals surface area contributed by atoms with Crippen LogP contribution in [0.2, 0.25) is 0 Å². The summed E-state index contributed by atoms with van der Waals surface area (Å²) in [7, 11) is 1.57. The lowest BCUT2D eigenvalue weighted by Crippen LogP contribution is -2.46. The first-order valence-corrected chi connectivity index (χ1v) is 11.2. The van der Waals surface area contributed by atoms with E-state index >= 15 is 0 Å². The minimum Gasteiger partial charge on any atom is -0.475 e. The number of fused-ring (bicyclic) bond motifs is 1. The first kappa shape index (κ1) is 23.8. The lowest BCUT2D eigenvalue weighted by Gasteiger charge is -2.33. The van der Waals surface area contributed by atoms with Crippen LogP contribution in [0.3, 0.4) is 0 Å². The molecule has 3 heterocycles. The highest BCUT2D eigenvalue weighted by Gasteiger charge is 2.27. The Hall–Kier alpha value is -2.86. The maximum atomic E-state index is 12.0. The number of nitrogens with zero attached hydrogens (tertiary/aromatic N) is 3. The molecule has 1 aliphatic rings. The second-order valence-corrected chi connectivity index (χ2v) is 9.47. The van der Waals surface area contributed by atoms with Crippen LogP contribution in [0.15, 0.2) is 0 Å². The minimum atomic E-state index is -0.621. The molecule has 0 aliphatic carbocycles. The highest BCUT2D eigenvalue weighted by Crippen LogP contribution is 2.39. The summed E-state index contributed by atoms with van der Waals surface area (Å²) in [6, 6.07) is 0.00102. The maximum Gasteiger partial charge on any atom is 0.407 e. The summed E-state index contributed by atoms with van der Waals surface area (Å²) >= 11 is 1.12. The van der Waals surface area contributed by atoms with E-state index in [1.165, 1.54) is 0 Å². The van der Waals surface area contributed by atoms with Gasteiger partial charge in [0.05, 0.1) is 17.7 Å². The van der Waals surface area contributed by atoms with Crippen molar-refractivity contribution in [3.8, 4) is 5.88 Å². The maximum absolute atomic E-state index is 12.0. The topological polar surface area (TPSA) is 155 Å². The van der Waals surface area contributed by atoms with Crippen LogP contribution in [-0.2, 0) is 9.47 Å². The number of carbonyl (C=O) groups is 2. The standard InChI is InChI=1S/C20H30N6O5S/c1-20(2,3)31-19(28)23-11-5-7-26(8-6-11)18-24-16(30-10-9-29-4)12-13(21)14(15(22)27)32-17(12)25-18/h11H,5-10,21H2,1-4H3,(H2,22,27)(H,23,28). The Morgan fingerprint density at radius 3 is 2.50 bits per heavy atom. The molecule has 11 nitrogen and oxygen atoms in total. The van der Waals surface area contributed by atoms with Gasteiger partial charge in [0.15, 0.2) is 0 Å². The van der Waals surface area contributed by atoms with Crippen LogP contribution in [-0.4, -0.2) is 67.0 Å². The molecule has 0 spiro atoms. The quantitative estimate of drug-likeness (QED) is 0.519. The van der Waals surface area contributed by atoms with Gasteiger partial charge in [-0.05, 0) is 33.6 Å². The normalized spacial score (nSPS) is 15.1. The van der Waals surface area contributed by atoms with Crippen LogP contribution in [0, 0.1) is 0 Å². The molecule has 0 unspecified atom stereocenters. The van der Waals surface area contributed by atoms with Crippen LogP contribution < -0.4 is 26.4 Å². The van der Waals surface area contributed by atoms with Gasteiger partial charge < -0.3 is 35.9 Å². The summed E-state index contributed by atoms with van der Waals surface area (Å²) in [5.74, 6) is 0.138. The number of carbonyl (C=O) groups excluding carboxylic acids is 2. The number of amides is 2. The van der Waals surface area contributed by atoms with Crippen LogP contribution in [0.5, 0.6) is 5.88 Å². The molecule has 2 aromatic rings. The van der Waals surface area contributed by atoms with Crippen molar-refractivity contribution in [2.75, 3.05) is 44.0 Å². The van der Waals surface area contributed by atoms with Gasteiger partial charge in [-0.3, -0.25) is 4.79 Å². The first-order chi connectivity index (χ1) is 15.1. The van der Waals surface area contributed by atoms with Gasteiger partial charge in [0.1, 0.15) is 21.9 Å². The number of aromatic nitrogens is 2. The number of thiophene rings is 1. The Kier molecular flexibility index (Phi) is 7.24. The van der Waals surface area contributed by atoms with Crippen molar-refractivity contribution < 1.29 is 23.8 Å². The second-order valence-electron chi connectivity index (χ2n) is 8.47. The number of ether oxygens (including phenoxy) is 3. The molecule has 5 N–H and O–H groups in total. The summed E-state index contributed by atoms with van der Waals surface area (Å²) in [5.41, 5.74) is 11.3. The number of rotatable bonds is 7. The average molecular weight is 467 g/mol. The molecule has 0 atom stereocenters. The van der Waals surface area contributed by atoms with Crippen molar-refractivity contribution in [3.63, 3.8) is 0 Å². The molecular formula is C20H30N6O5S. The number of nitrogens with two attached hydrogens (primary N) is 2. The number of hydrogen-bond acceptors (Lipinski definition) is 10. The number of nitrogens with one attached hydrogen (secondary N) is 1. The summed E-state index contributed by atoms with van der Waals surface area (Å²) in [5, 5.41) is 3.39. The Balaban J connectivity index is 1.77. The van der Waals surface area contributed by atoms with E-state index in [0.717, 1.165) is 11.3 Å². The molecule has 0 saturated carbocycles. The summed E-state index contributed by atoms with van der Waals surface area (Å²) < 4.78 is 16.2. The van der Waals surface area contributed by atoms with Crippen molar-refractivity contribution >= 4 is 45.2 Å². The zero-order valence-corrected chi connectivity index (χ0v) is 19.6. The molecule has 1 fully saturated rings. The van der Waals surface area contributed by atoms with E-state index in [2.05, 4.69) is 15.3 Å². The molecule has 2 aromatic heterocycles. The molecule has 0 aromatic carbocycles. The number of primary amides is 1. The summed E-state index contributed by atoms with van der Waals surface area (Å²) in [6.07, 6.45) is 0.995. The molecule has 0 bridgehead atoms. The molecule has 2 amide bonds. The number of hydrogen-bond donors (Lipinski definition) is 3. The second kappa shape index (κ2) is 9.74. The fourth-order valence-electron chi connectivity index (χ4n) is 3.33. The summed E-state index contributed by atoms with van der Waals surface area (Å²) in [4.78, 5) is 35.7. The van der Waals surface area contributed by atoms with Crippen LogP contribution in [0.4, 0.5) is 16.4 Å². The fraction of sp³-hybridized carbons (Fsp3) is 0.600. The van der Waals surface area contributed by atoms with Crippen molar-refractivity contribution in [1.29, 1.82) is 0 Å². The van der Waals surface area contributed by atoms with Gasteiger partial charge in [0.2, 0.25) is 11.8 Å². The van der Waals surface area contributed by atoms with Crippen molar-refractivity contribution in [2.24, 2.45) is 5.73 Å².